The smallest absolute Gasteiger partial charge is 0.0655 e. The van der Waals surface area contributed by atoms with Crippen molar-refractivity contribution < 1.29 is 5.11 Å². The lowest BCUT2D eigenvalue weighted by Gasteiger charge is -2.18. The Labute approximate surface area is 68.1 Å². The first-order valence-electron chi connectivity index (χ1n) is 4.57. The molecule has 0 heterocycles. The molecule has 1 saturated carbocycles. The molecule has 3 atom stereocenters. The summed E-state index contributed by atoms with van der Waals surface area (Å²) < 4.78 is 0. The highest BCUT2D eigenvalue weighted by atomic mass is 16.3. The standard InChI is InChI=1S/C10H16O/c1-10(11)7-9(10)8-5-3-2-4-6-8/h2-3,8-9,11H,4-7H2,1H3/t8?,9-,10-/m0/s1. The molecule has 0 saturated heterocycles. The van der Waals surface area contributed by atoms with Crippen LogP contribution < -0.4 is 0 Å². The third-order valence-corrected chi connectivity index (χ3v) is 3.15. The second-order valence-electron chi connectivity index (χ2n) is 4.21. The van der Waals surface area contributed by atoms with Crippen LogP contribution in [0.2, 0.25) is 0 Å². The fraction of sp³-hybridized carbons (Fsp3) is 0.800. The zero-order chi connectivity index (χ0) is 7.90. The van der Waals surface area contributed by atoms with Crippen molar-refractivity contribution in [2.45, 2.75) is 38.2 Å². The molecule has 2 aliphatic rings. The van der Waals surface area contributed by atoms with Crippen LogP contribution in [0.25, 0.3) is 0 Å². The zero-order valence-electron chi connectivity index (χ0n) is 7.09. The first-order chi connectivity index (χ1) is 5.20. The minimum Gasteiger partial charge on any atom is -0.390 e. The Morgan fingerprint density at radius 1 is 1.45 bits per heavy atom. The molecule has 0 spiro atoms. The fourth-order valence-corrected chi connectivity index (χ4v) is 2.24. The van der Waals surface area contributed by atoms with Crippen molar-refractivity contribution >= 4 is 0 Å². The molecule has 11 heavy (non-hydrogen) atoms. The van der Waals surface area contributed by atoms with Gasteiger partial charge in [-0.1, -0.05) is 12.2 Å². The van der Waals surface area contributed by atoms with Crippen molar-refractivity contribution in [3.8, 4) is 0 Å². The SMILES string of the molecule is C[C@]1(O)C[C@H]1C1CC=CCC1. The summed E-state index contributed by atoms with van der Waals surface area (Å²) in [4.78, 5) is 0. The molecule has 0 aromatic carbocycles. The summed E-state index contributed by atoms with van der Waals surface area (Å²) in [5.74, 6) is 1.38. The highest BCUT2D eigenvalue weighted by Crippen LogP contribution is 2.51. The van der Waals surface area contributed by atoms with Crippen LogP contribution in [0.4, 0.5) is 0 Å². The van der Waals surface area contributed by atoms with E-state index >= 15 is 0 Å². The van der Waals surface area contributed by atoms with Crippen LogP contribution in [0.5, 0.6) is 0 Å². The topological polar surface area (TPSA) is 20.2 Å². The van der Waals surface area contributed by atoms with Gasteiger partial charge in [0.25, 0.3) is 0 Å². The summed E-state index contributed by atoms with van der Waals surface area (Å²) in [5.41, 5.74) is -0.310. The van der Waals surface area contributed by atoms with E-state index in [1.54, 1.807) is 0 Å². The number of allylic oxidation sites excluding steroid dienone is 2. The van der Waals surface area contributed by atoms with Gasteiger partial charge in [0.2, 0.25) is 0 Å². The Morgan fingerprint density at radius 2 is 2.18 bits per heavy atom. The molecule has 0 aromatic rings. The molecule has 2 rings (SSSR count). The average molecular weight is 152 g/mol. The largest absolute Gasteiger partial charge is 0.390 e. The summed E-state index contributed by atoms with van der Waals surface area (Å²) in [6.07, 6.45) is 9.26. The highest BCUT2D eigenvalue weighted by Gasteiger charge is 2.51. The summed E-state index contributed by atoms with van der Waals surface area (Å²) in [6, 6.07) is 0. The molecule has 1 heteroatoms. The Hall–Kier alpha value is -0.300. The number of aliphatic hydroxyl groups is 1. The van der Waals surface area contributed by atoms with Crippen molar-refractivity contribution in [1.29, 1.82) is 0 Å². The molecule has 2 aliphatic carbocycles. The van der Waals surface area contributed by atoms with Crippen LogP contribution in [0.1, 0.15) is 32.6 Å². The zero-order valence-corrected chi connectivity index (χ0v) is 7.09. The number of rotatable bonds is 1. The maximum Gasteiger partial charge on any atom is 0.0655 e. The van der Waals surface area contributed by atoms with E-state index in [2.05, 4.69) is 12.2 Å². The summed E-state index contributed by atoms with van der Waals surface area (Å²) in [6.45, 7) is 1.97. The van der Waals surface area contributed by atoms with Crippen molar-refractivity contribution in [1.82, 2.24) is 0 Å². The molecular weight excluding hydrogens is 136 g/mol. The van der Waals surface area contributed by atoms with Crippen LogP contribution in [0, 0.1) is 11.8 Å². The van der Waals surface area contributed by atoms with E-state index in [1.165, 1.54) is 19.3 Å². The summed E-state index contributed by atoms with van der Waals surface area (Å²) >= 11 is 0. The number of hydrogen-bond donors (Lipinski definition) is 1. The lowest BCUT2D eigenvalue weighted by molar-refractivity contribution is 0.134. The summed E-state index contributed by atoms with van der Waals surface area (Å²) in [7, 11) is 0. The molecule has 0 radical (unpaired) electrons. The second kappa shape index (κ2) is 2.34. The van der Waals surface area contributed by atoms with Gasteiger partial charge in [-0.25, -0.2) is 0 Å². The van der Waals surface area contributed by atoms with E-state index in [9.17, 15) is 5.11 Å². The maximum absolute atomic E-state index is 9.62. The van der Waals surface area contributed by atoms with Crippen LogP contribution in [0.15, 0.2) is 12.2 Å². The molecule has 1 unspecified atom stereocenters. The van der Waals surface area contributed by atoms with Gasteiger partial charge in [0, 0.05) is 0 Å². The van der Waals surface area contributed by atoms with Gasteiger partial charge in [-0.15, -0.1) is 0 Å². The first-order valence-corrected chi connectivity index (χ1v) is 4.57. The Balaban J connectivity index is 1.93. The normalized spacial score (nSPS) is 49.3. The van der Waals surface area contributed by atoms with Gasteiger partial charge in [-0.2, -0.15) is 0 Å². The molecular formula is C10H16O. The van der Waals surface area contributed by atoms with Crippen LogP contribution in [-0.2, 0) is 0 Å². The second-order valence-corrected chi connectivity index (χ2v) is 4.21. The summed E-state index contributed by atoms with van der Waals surface area (Å²) in [5, 5.41) is 9.62. The van der Waals surface area contributed by atoms with Crippen LogP contribution in [-0.4, -0.2) is 10.7 Å². The first kappa shape index (κ1) is 7.35. The van der Waals surface area contributed by atoms with E-state index in [-0.39, 0.29) is 5.60 Å². The van der Waals surface area contributed by atoms with Crippen LogP contribution >= 0.6 is 0 Å². The molecule has 1 fully saturated rings. The van der Waals surface area contributed by atoms with E-state index in [4.69, 9.17) is 0 Å². The van der Waals surface area contributed by atoms with Crippen molar-refractivity contribution in [2.24, 2.45) is 11.8 Å². The van der Waals surface area contributed by atoms with Crippen molar-refractivity contribution in [2.75, 3.05) is 0 Å². The Morgan fingerprint density at radius 3 is 2.64 bits per heavy atom. The molecule has 1 N–H and O–H groups in total. The molecule has 0 aromatic heterocycles. The van der Waals surface area contributed by atoms with Gasteiger partial charge >= 0.3 is 0 Å². The average Bonchev–Trinajstić information content (AvgIpc) is 2.62. The quantitative estimate of drug-likeness (QED) is 0.570. The predicted molar refractivity (Wildman–Crippen MR) is 45.2 cm³/mol. The molecule has 62 valence electrons. The highest BCUT2D eigenvalue weighted by molar-refractivity contribution is 5.06. The van der Waals surface area contributed by atoms with Crippen molar-refractivity contribution in [3.63, 3.8) is 0 Å². The molecule has 1 nitrogen and oxygen atoms in total. The predicted octanol–water partition coefficient (Wildman–Crippen LogP) is 2.11. The van der Waals surface area contributed by atoms with Gasteiger partial charge in [0.05, 0.1) is 5.60 Å². The maximum atomic E-state index is 9.62. The van der Waals surface area contributed by atoms with E-state index in [1.807, 2.05) is 6.92 Å². The van der Waals surface area contributed by atoms with Gasteiger partial charge < -0.3 is 5.11 Å². The van der Waals surface area contributed by atoms with Gasteiger partial charge in [-0.05, 0) is 44.4 Å². The van der Waals surface area contributed by atoms with E-state index < -0.39 is 0 Å². The lowest BCUT2D eigenvalue weighted by Crippen LogP contribution is -2.13. The van der Waals surface area contributed by atoms with Crippen LogP contribution in [0.3, 0.4) is 0 Å². The minimum absolute atomic E-state index is 0.310. The lowest BCUT2D eigenvalue weighted by atomic mass is 9.89. The van der Waals surface area contributed by atoms with Gasteiger partial charge in [0.1, 0.15) is 0 Å². The van der Waals surface area contributed by atoms with Gasteiger partial charge in [0.15, 0.2) is 0 Å². The number of hydrogen-bond acceptors (Lipinski definition) is 1. The Kier molecular flexibility index (Phi) is 1.57. The monoisotopic (exact) mass is 152 g/mol. The fourth-order valence-electron chi connectivity index (χ4n) is 2.24. The van der Waals surface area contributed by atoms with E-state index in [0.717, 1.165) is 12.3 Å². The minimum atomic E-state index is -0.310. The Bertz CT molecular complexity index is 181. The molecule has 0 aliphatic heterocycles. The third kappa shape index (κ3) is 1.34. The van der Waals surface area contributed by atoms with E-state index in [0.29, 0.717) is 5.92 Å². The third-order valence-electron chi connectivity index (χ3n) is 3.15. The van der Waals surface area contributed by atoms with Crippen molar-refractivity contribution in [3.05, 3.63) is 12.2 Å². The molecule has 0 bridgehead atoms. The molecule has 0 amide bonds. The van der Waals surface area contributed by atoms with Gasteiger partial charge in [-0.3, -0.25) is 0 Å².